The van der Waals surface area contributed by atoms with Gasteiger partial charge in [0.05, 0.1) is 19.4 Å². The molecule has 7 heteroatoms. The Morgan fingerprint density at radius 3 is 2.52 bits per heavy atom. The molecular weight excluding hydrogens is 362 g/mol. The summed E-state index contributed by atoms with van der Waals surface area (Å²) in [5.41, 5.74) is 0.629. The molecule has 0 aliphatic carbocycles. The van der Waals surface area contributed by atoms with Gasteiger partial charge in [0, 0.05) is 22.0 Å². The Hall–Kier alpha value is -2.90. The number of hydrogen-bond donors (Lipinski definition) is 2. The van der Waals surface area contributed by atoms with Crippen LogP contribution in [0.3, 0.4) is 0 Å². The highest BCUT2D eigenvalue weighted by Crippen LogP contribution is 2.18. The predicted molar refractivity (Wildman–Crippen MR) is 105 cm³/mol. The van der Waals surface area contributed by atoms with Crippen molar-refractivity contribution in [2.75, 3.05) is 11.9 Å². The molecule has 2 N–H and O–H groups in total. The van der Waals surface area contributed by atoms with Crippen LogP contribution in [0.15, 0.2) is 65.3 Å². The summed E-state index contributed by atoms with van der Waals surface area (Å²) in [7, 11) is 0. The van der Waals surface area contributed by atoms with Crippen LogP contribution in [-0.2, 0) is 17.9 Å². The van der Waals surface area contributed by atoms with Crippen LogP contribution in [0.5, 0.6) is 0 Å². The summed E-state index contributed by atoms with van der Waals surface area (Å²) in [4.78, 5) is 28.7. The first-order valence-electron chi connectivity index (χ1n) is 8.54. The average molecular weight is 383 g/mol. The number of rotatable bonds is 7. The molecule has 3 rings (SSSR count). The second kappa shape index (κ2) is 9.16. The number of aryl methyl sites for hydroxylation is 1. The third kappa shape index (κ3) is 6.09. The second-order valence-corrected chi connectivity index (χ2v) is 7.48. The van der Waals surface area contributed by atoms with Gasteiger partial charge in [0.2, 0.25) is 5.91 Å². The van der Waals surface area contributed by atoms with Gasteiger partial charge in [-0.3, -0.25) is 15.0 Å². The highest BCUT2D eigenvalue weighted by molar-refractivity contribution is 7.11. The first kappa shape index (κ1) is 18.9. The van der Waals surface area contributed by atoms with E-state index in [1.165, 1.54) is 4.88 Å². The minimum Gasteiger partial charge on any atom is -0.468 e. The Labute approximate surface area is 161 Å². The van der Waals surface area contributed by atoms with E-state index >= 15 is 0 Å². The van der Waals surface area contributed by atoms with Crippen LogP contribution in [0.1, 0.15) is 15.5 Å². The van der Waals surface area contributed by atoms with Crippen molar-refractivity contribution in [1.29, 1.82) is 0 Å². The Morgan fingerprint density at radius 2 is 1.85 bits per heavy atom. The van der Waals surface area contributed by atoms with Gasteiger partial charge in [-0.25, -0.2) is 4.79 Å². The number of furan rings is 1. The topological polar surface area (TPSA) is 74.6 Å². The molecule has 0 aliphatic heterocycles. The zero-order valence-corrected chi connectivity index (χ0v) is 15.8. The molecule has 0 fully saturated rings. The number of carbonyl (C=O) groups excluding carboxylic acids is 2. The van der Waals surface area contributed by atoms with Gasteiger partial charge in [0.15, 0.2) is 0 Å². The zero-order chi connectivity index (χ0) is 19.1. The molecule has 3 amide bonds. The predicted octanol–water partition coefficient (Wildman–Crippen LogP) is 4.00. The fourth-order valence-corrected chi connectivity index (χ4v) is 3.57. The van der Waals surface area contributed by atoms with E-state index in [9.17, 15) is 9.59 Å². The molecule has 0 unspecified atom stereocenters. The molecule has 2 heterocycles. The molecular formula is C20H21N3O3S. The lowest BCUT2D eigenvalue weighted by atomic mass is 10.3. The third-order valence-corrected chi connectivity index (χ3v) is 4.77. The van der Waals surface area contributed by atoms with E-state index in [-0.39, 0.29) is 12.5 Å². The van der Waals surface area contributed by atoms with E-state index in [2.05, 4.69) is 22.8 Å². The van der Waals surface area contributed by atoms with Crippen molar-refractivity contribution in [3.8, 4) is 0 Å². The molecule has 0 radical (unpaired) electrons. The molecule has 0 atom stereocenters. The molecule has 0 bridgehead atoms. The van der Waals surface area contributed by atoms with Gasteiger partial charge in [-0.05, 0) is 43.3 Å². The van der Waals surface area contributed by atoms with Gasteiger partial charge in [-0.15, -0.1) is 11.3 Å². The summed E-state index contributed by atoms with van der Waals surface area (Å²) >= 11 is 1.69. The fraction of sp³-hybridized carbons (Fsp3) is 0.200. The number of para-hydroxylation sites is 1. The molecule has 0 spiro atoms. The molecule has 6 nitrogen and oxygen atoms in total. The molecule has 1 aromatic carbocycles. The molecule has 0 saturated heterocycles. The standard InChI is InChI=1S/C20H21N3O3S/c1-15-9-10-18(27-15)13-23(12-17-8-5-11-26-17)14-19(24)22-20(25)21-16-6-3-2-4-7-16/h2-11H,12-14H2,1H3,(H2,21,22,24,25). The number of thiophene rings is 1. The van der Waals surface area contributed by atoms with Crippen LogP contribution in [0.4, 0.5) is 10.5 Å². The highest BCUT2D eigenvalue weighted by Gasteiger charge is 2.16. The lowest BCUT2D eigenvalue weighted by molar-refractivity contribution is -0.121. The van der Waals surface area contributed by atoms with Crippen molar-refractivity contribution in [1.82, 2.24) is 10.2 Å². The van der Waals surface area contributed by atoms with Crippen LogP contribution in [0.25, 0.3) is 0 Å². The summed E-state index contributed by atoms with van der Waals surface area (Å²) in [5.74, 6) is 0.396. The monoisotopic (exact) mass is 383 g/mol. The van der Waals surface area contributed by atoms with Crippen molar-refractivity contribution >= 4 is 29.0 Å². The van der Waals surface area contributed by atoms with E-state index < -0.39 is 6.03 Å². The number of carbonyl (C=O) groups is 2. The maximum absolute atomic E-state index is 12.3. The SMILES string of the molecule is Cc1ccc(CN(CC(=O)NC(=O)Nc2ccccc2)Cc2ccco2)s1. The van der Waals surface area contributed by atoms with Gasteiger partial charge in [0.1, 0.15) is 5.76 Å². The minimum absolute atomic E-state index is 0.0832. The fourth-order valence-electron chi connectivity index (χ4n) is 2.63. The summed E-state index contributed by atoms with van der Waals surface area (Å²) in [6.07, 6.45) is 1.61. The molecule has 27 heavy (non-hydrogen) atoms. The number of amides is 3. The number of benzene rings is 1. The number of anilines is 1. The molecule has 2 aromatic heterocycles. The second-order valence-electron chi connectivity index (χ2n) is 6.11. The molecule has 0 saturated carbocycles. The Bertz CT molecular complexity index is 875. The Kier molecular flexibility index (Phi) is 6.40. The third-order valence-electron chi connectivity index (χ3n) is 3.79. The van der Waals surface area contributed by atoms with E-state index in [0.29, 0.717) is 18.8 Å². The largest absolute Gasteiger partial charge is 0.468 e. The molecule has 3 aromatic rings. The summed E-state index contributed by atoms with van der Waals surface area (Å²) < 4.78 is 5.40. The molecule has 0 aliphatic rings. The van der Waals surface area contributed by atoms with Crippen LogP contribution in [0.2, 0.25) is 0 Å². The number of hydrogen-bond acceptors (Lipinski definition) is 5. The highest BCUT2D eigenvalue weighted by atomic mass is 32.1. The number of imide groups is 1. The molecule has 140 valence electrons. The van der Waals surface area contributed by atoms with Crippen molar-refractivity contribution in [3.63, 3.8) is 0 Å². The van der Waals surface area contributed by atoms with Crippen molar-refractivity contribution in [2.45, 2.75) is 20.0 Å². The lowest BCUT2D eigenvalue weighted by Crippen LogP contribution is -2.41. The van der Waals surface area contributed by atoms with Crippen LogP contribution < -0.4 is 10.6 Å². The van der Waals surface area contributed by atoms with Gasteiger partial charge >= 0.3 is 6.03 Å². The number of urea groups is 1. The Balaban J connectivity index is 1.58. The van der Waals surface area contributed by atoms with E-state index in [4.69, 9.17) is 4.42 Å². The quantitative estimate of drug-likeness (QED) is 0.647. The maximum Gasteiger partial charge on any atom is 0.325 e. The van der Waals surface area contributed by atoms with E-state index in [1.807, 2.05) is 42.2 Å². The van der Waals surface area contributed by atoms with Crippen LogP contribution in [0, 0.1) is 6.92 Å². The smallest absolute Gasteiger partial charge is 0.325 e. The number of nitrogens with one attached hydrogen (secondary N) is 2. The summed E-state index contributed by atoms with van der Waals surface area (Å²) in [6.45, 7) is 3.22. The van der Waals surface area contributed by atoms with E-state index in [1.54, 1.807) is 29.7 Å². The lowest BCUT2D eigenvalue weighted by Gasteiger charge is -2.20. The summed E-state index contributed by atoms with van der Waals surface area (Å²) in [6, 6.07) is 16.2. The summed E-state index contributed by atoms with van der Waals surface area (Å²) in [5, 5.41) is 5.01. The van der Waals surface area contributed by atoms with Crippen molar-refractivity contribution in [3.05, 3.63) is 76.4 Å². The van der Waals surface area contributed by atoms with Crippen LogP contribution >= 0.6 is 11.3 Å². The zero-order valence-electron chi connectivity index (χ0n) is 15.0. The Morgan fingerprint density at radius 1 is 1.04 bits per heavy atom. The van der Waals surface area contributed by atoms with Crippen molar-refractivity contribution < 1.29 is 14.0 Å². The van der Waals surface area contributed by atoms with E-state index in [0.717, 1.165) is 10.6 Å². The first-order chi connectivity index (χ1) is 13.1. The number of nitrogens with zero attached hydrogens (tertiary/aromatic N) is 1. The maximum atomic E-state index is 12.3. The normalized spacial score (nSPS) is 10.7. The minimum atomic E-state index is -0.545. The van der Waals surface area contributed by atoms with Gasteiger partial charge in [-0.2, -0.15) is 0 Å². The van der Waals surface area contributed by atoms with Gasteiger partial charge in [0.25, 0.3) is 0 Å². The first-order valence-corrected chi connectivity index (χ1v) is 9.36. The average Bonchev–Trinajstić information content (AvgIpc) is 3.27. The van der Waals surface area contributed by atoms with Crippen LogP contribution in [-0.4, -0.2) is 23.4 Å². The van der Waals surface area contributed by atoms with Gasteiger partial charge < -0.3 is 9.73 Å². The van der Waals surface area contributed by atoms with Crippen molar-refractivity contribution in [2.24, 2.45) is 0 Å². The van der Waals surface area contributed by atoms with Gasteiger partial charge in [-0.1, -0.05) is 18.2 Å².